The standard InChI is InChI=1S/C42H30N6/c1-44-42(46-32-34-24-28-40(29-25-34)48(37-18-10-4-11-19-37)38-20-12-5-13-21-38)41(30-43)45-31-33-22-26-39(27-23-33)47(35-14-6-2-7-15-35)36-16-8-3-9-17-36/h2-29,31-32H. The Bertz CT molecular complexity index is 1870. The Morgan fingerprint density at radius 1 is 0.479 bits per heavy atom. The van der Waals surface area contributed by atoms with Crippen molar-refractivity contribution < 1.29 is 0 Å². The van der Waals surface area contributed by atoms with E-state index < -0.39 is 0 Å². The fourth-order valence-corrected chi connectivity index (χ4v) is 5.18. The van der Waals surface area contributed by atoms with Crippen molar-refractivity contribution in [3.8, 4) is 6.07 Å². The molecule has 0 N–H and O–H groups in total. The van der Waals surface area contributed by atoms with Gasteiger partial charge in [-0.15, -0.1) is 4.99 Å². The zero-order valence-electron chi connectivity index (χ0n) is 26.0. The molecule has 0 saturated heterocycles. The quantitative estimate of drug-likeness (QED) is 0.0872. The van der Waals surface area contributed by atoms with Gasteiger partial charge >= 0.3 is 5.82 Å². The van der Waals surface area contributed by atoms with Crippen LogP contribution in [0, 0.1) is 17.9 Å². The Hall–Kier alpha value is -7.02. The van der Waals surface area contributed by atoms with Gasteiger partial charge in [-0.2, -0.15) is 5.26 Å². The molecule has 0 spiro atoms. The van der Waals surface area contributed by atoms with E-state index in [1.165, 1.54) is 0 Å². The van der Waals surface area contributed by atoms with E-state index in [9.17, 15) is 5.26 Å². The maximum atomic E-state index is 9.83. The number of rotatable bonds is 10. The molecule has 0 bridgehead atoms. The molecule has 0 amide bonds. The second-order valence-corrected chi connectivity index (χ2v) is 10.6. The average Bonchev–Trinajstić information content (AvgIpc) is 3.16. The summed E-state index contributed by atoms with van der Waals surface area (Å²) in [4.78, 5) is 16.5. The third kappa shape index (κ3) is 7.43. The van der Waals surface area contributed by atoms with Crippen LogP contribution in [0.3, 0.4) is 0 Å². The molecule has 0 unspecified atom stereocenters. The molecule has 0 aliphatic heterocycles. The lowest BCUT2D eigenvalue weighted by atomic mass is 10.1. The molecule has 0 aliphatic rings. The Morgan fingerprint density at radius 3 is 1.10 bits per heavy atom. The van der Waals surface area contributed by atoms with Crippen LogP contribution in [0.4, 0.5) is 34.1 Å². The van der Waals surface area contributed by atoms with Crippen LogP contribution in [-0.2, 0) is 0 Å². The number of anilines is 6. The van der Waals surface area contributed by atoms with Gasteiger partial charge in [-0.1, -0.05) is 91.5 Å². The van der Waals surface area contributed by atoms with Crippen molar-refractivity contribution in [1.29, 1.82) is 5.26 Å². The molecule has 0 radical (unpaired) electrons. The first kappa shape index (κ1) is 31.0. The number of para-hydroxylation sites is 4. The van der Waals surface area contributed by atoms with Crippen LogP contribution in [0.15, 0.2) is 191 Å². The van der Waals surface area contributed by atoms with Crippen LogP contribution in [0.25, 0.3) is 4.85 Å². The minimum absolute atomic E-state index is 0.0588. The molecular weight excluding hydrogens is 589 g/mol. The minimum atomic E-state index is -0.0797. The highest BCUT2D eigenvalue weighted by Gasteiger charge is 2.13. The fourth-order valence-electron chi connectivity index (χ4n) is 5.18. The second-order valence-electron chi connectivity index (χ2n) is 10.6. The fraction of sp³-hybridized carbons (Fsp3) is 0. The number of nitrogens with zero attached hydrogens (tertiary/aromatic N) is 6. The first-order valence-electron chi connectivity index (χ1n) is 15.3. The van der Waals surface area contributed by atoms with Crippen LogP contribution in [0.5, 0.6) is 0 Å². The molecule has 228 valence electrons. The highest BCUT2D eigenvalue weighted by molar-refractivity contribution is 5.85. The number of hydrogen-bond acceptors (Lipinski definition) is 5. The topological polar surface area (TPSA) is 59.4 Å². The summed E-state index contributed by atoms with van der Waals surface area (Å²) in [5, 5.41) is 9.83. The van der Waals surface area contributed by atoms with Crippen LogP contribution in [0.1, 0.15) is 11.1 Å². The van der Waals surface area contributed by atoms with Crippen LogP contribution >= 0.6 is 0 Å². The lowest BCUT2D eigenvalue weighted by Crippen LogP contribution is -2.09. The first-order chi connectivity index (χ1) is 23.7. The monoisotopic (exact) mass is 618 g/mol. The van der Waals surface area contributed by atoms with Gasteiger partial charge in [0.25, 0.3) is 0 Å². The van der Waals surface area contributed by atoms with Crippen molar-refractivity contribution in [2.24, 2.45) is 9.98 Å². The number of allylic oxidation sites excluding steroid dienone is 1. The molecule has 6 rings (SSSR count). The van der Waals surface area contributed by atoms with Crippen molar-refractivity contribution in [2.75, 3.05) is 9.80 Å². The Morgan fingerprint density at radius 2 is 0.792 bits per heavy atom. The van der Waals surface area contributed by atoms with Crippen molar-refractivity contribution in [1.82, 2.24) is 0 Å². The molecule has 48 heavy (non-hydrogen) atoms. The summed E-state index contributed by atoms with van der Waals surface area (Å²) in [5.41, 5.74) is 7.65. The minimum Gasteiger partial charge on any atom is -0.358 e. The van der Waals surface area contributed by atoms with Crippen molar-refractivity contribution >= 4 is 46.6 Å². The smallest absolute Gasteiger partial charge is 0.306 e. The van der Waals surface area contributed by atoms with Gasteiger partial charge in [0.2, 0.25) is 0 Å². The molecule has 0 aromatic heterocycles. The zero-order chi connectivity index (χ0) is 33.0. The van der Waals surface area contributed by atoms with Gasteiger partial charge in [-0.3, -0.25) is 4.99 Å². The van der Waals surface area contributed by atoms with Crippen molar-refractivity contribution in [2.45, 2.75) is 0 Å². The van der Waals surface area contributed by atoms with Gasteiger partial charge in [-0.05, 0) is 90.5 Å². The third-order valence-corrected chi connectivity index (χ3v) is 7.46. The van der Waals surface area contributed by atoms with E-state index in [0.717, 1.165) is 45.3 Å². The normalized spacial score (nSPS) is 11.5. The van der Waals surface area contributed by atoms with E-state index >= 15 is 0 Å². The number of hydrogen-bond donors (Lipinski definition) is 0. The molecule has 0 aliphatic carbocycles. The lowest BCUT2D eigenvalue weighted by Gasteiger charge is -2.25. The average molecular weight is 619 g/mol. The molecular formula is C42H30N6. The number of benzene rings is 6. The molecule has 0 atom stereocenters. The van der Waals surface area contributed by atoms with E-state index in [-0.39, 0.29) is 11.5 Å². The SMILES string of the molecule is [C-]#[N+]C(N=Cc1ccc(N(c2ccccc2)c2ccccc2)cc1)=C(C#N)N=Cc1ccc(N(c2ccccc2)c2ccccc2)cc1. The molecule has 6 heteroatoms. The van der Waals surface area contributed by atoms with Gasteiger partial charge in [0, 0.05) is 45.9 Å². The summed E-state index contributed by atoms with van der Waals surface area (Å²) in [7, 11) is 0. The first-order valence-corrected chi connectivity index (χ1v) is 15.3. The summed E-state index contributed by atoms with van der Waals surface area (Å²) in [6.45, 7) is 7.68. The molecule has 6 aromatic rings. The molecule has 0 fully saturated rings. The predicted molar refractivity (Wildman–Crippen MR) is 197 cm³/mol. The molecule has 6 aromatic carbocycles. The highest BCUT2D eigenvalue weighted by Crippen LogP contribution is 2.35. The van der Waals surface area contributed by atoms with E-state index in [1.807, 2.05) is 127 Å². The van der Waals surface area contributed by atoms with Crippen LogP contribution in [-0.4, -0.2) is 12.4 Å². The molecule has 0 heterocycles. The lowest BCUT2D eigenvalue weighted by molar-refractivity contribution is 1.27. The van der Waals surface area contributed by atoms with E-state index in [2.05, 4.69) is 73.2 Å². The second kappa shape index (κ2) is 15.3. The van der Waals surface area contributed by atoms with Gasteiger partial charge < -0.3 is 14.6 Å². The summed E-state index contributed by atoms with van der Waals surface area (Å²) in [5.74, 6) is -0.0797. The third-order valence-electron chi connectivity index (χ3n) is 7.46. The number of aliphatic imine (C=N–C) groups is 2. The Kier molecular flexibility index (Phi) is 9.89. The summed E-state index contributed by atoms with van der Waals surface area (Å²) in [6, 6.07) is 58.4. The highest BCUT2D eigenvalue weighted by atomic mass is 15.1. The van der Waals surface area contributed by atoms with Gasteiger partial charge in [0.05, 0.1) is 0 Å². The van der Waals surface area contributed by atoms with Crippen molar-refractivity contribution in [3.63, 3.8) is 0 Å². The van der Waals surface area contributed by atoms with Gasteiger partial charge in [-0.25, -0.2) is 0 Å². The largest absolute Gasteiger partial charge is 0.358 e. The summed E-state index contributed by atoms with van der Waals surface area (Å²) in [6.07, 6.45) is 3.16. The Labute approximate surface area is 281 Å². The van der Waals surface area contributed by atoms with Crippen LogP contribution in [0.2, 0.25) is 0 Å². The molecule has 6 nitrogen and oxygen atoms in total. The number of nitriles is 1. The van der Waals surface area contributed by atoms with Gasteiger partial charge in [0.15, 0.2) is 5.70 Å². The Balaban J connectivity index is 1.20. The van der Waals surface area contributed by atoms with Gasteiger partial charge in [0.1, 0.15) is 12.3 Å². The van der Waals surface area contributed by atoms with E-state index in [1.54, 1.807) is 12.4 Å². The van der Waals surface area contributed by atoms with E-state index in [4.69, 9.17) is 6.57 Å². The predicted octanol–water partition coefficient (Wildman–Crippen LogP) is 10.8. The maximum Gasteiger partial charge on any atom is 0.306 e. The summed E-state index contributed by atoms with van der Waals surface area (Å²) >= 11 is 0. The van der Waals surface area contributed by atoms with E-state index in [0.29, 0.717) is 0 Å². The molecule has 0 saturated carbocycles. The maximum absolute atomic E-state index is 9.83. The van der Waals surface area contributed by atoms with Crippen molar-refractivity contribution in [3.05, 3.63) is 204 Å². The van der Waals surface area contributed by atoms with Crippen LogP contribution < -0.4 is 9.80 Å². The summed E-state index contributed by atoms with van der Waals surface area (Å²) < 4.78 is 0. The zero-order valence-corrected chi connectivity index (χ0v) is 26.0.